The van der Waals surface area contributed by atoms with E-state index >= 15 is 0 Å². The standard InChI is InChI=1S/C18H27NO/c1-14-10-15(2)12-17(11-14)18(20)8-9-19(3)13-16-6-4-5-7-16/h10-12,16H,4-9,13H2,1-3H3. The lowest BCUT2D eigenvalue weighted by atomic mass is 10.0. The topological polar surface area (TPSA) is 20.3 Å². The number of nitrogens with zero attached hydrogens (tertiary/aromatic N) is 1. The summed E-state index contributed by atoms with van der Waals surface area (Å²) in [7, 11) is 2.15. The minimum absolute atomic E-state index is 0.273. The minimum Gasteiger partial charge on any atom is -0.306 e. The Morgan fingerprint density at radius 2 is 1.75 bits per heavy atom. The van der Waals surface area contributed by atoms with Crippen LogP contribution in [0.3, 0.4) is 0 Å². The van der Waals surface area contributed by atoms with Crippen LogP contribution in [0.4, 0.5) is 0 Å². The Labute approximate surface area is 123 Å². The number of hydrogen-bond donors (Lipinski definition) is 0. The molecule has 0 saturated heterocycles. The second kappa shape index (κ2) is 7.03. The molecule has 110 valence electrons. The van der Waals surface area contributed by atoms with Crippen molar-refractivity contribution in [3.63, 3.8) is 0 Å². The molecule has 1 aromatic rings. The molecule has 0 heterocycles. The third-order valence-corrected chi connectivity index (χ3v) is 4.31. The lowest BCUT2D eigenvalue weighted by Crippen LogP contribution is -2.27. The van der Waals surface area contributed by atoms with Crippen LogP contribution in [-0.2, 0) is 0 Å². The molecule has 1 fully saturated rings. The van der Waals surface area contributed by atoms with Crippen molar-refractivity contribution < 1.29 is 4.79 Å². The highest BCUT2D eigenvalue weighted by atomic mass is 16.1. The van der Waals surface area contributed by atoms with Gasteiger partial charge in [0.1, 0.15) is 0 Å². The van der Waals surface area contributed by atoms with Crippen LogP contribution in [0.1, 0.15) is 53.6 Å². The van der Waals surface area contributed by atoms with Crippen LogP contribution in [0.2, 0.25) is 0 Å². The lowest BCUT2D eigenvalue weighted by Gasteiger charge is -2.20. The normalized spacial score (nSPS) is 16.0. The first-order chi connectivity index (χ1) is 9.54. The van der Waals surface area contributed by atoms with E-state index in [0.717, 1.165) is 24.6 Å². The average Bonchev–Trinajstić information content (AvgIpc) is 2.87. The number of benzene rings is 1. The highest BCUT2D eigenvalue weighted by Crippen LogP contribution is 2.25. The lowest BCUT2D eigenvalue weighted by molar-refractivity contribution is 0.0966. The summed E-state index contributed by atoms with van der Waals surface area (Å²) in [6.45, 7) is 6.13. The van der Waals surface area contributed by atoms with Gasteiger partial charge in [-0.15, -0.1) is 0 Å². The van der Waals surface area contributed by atoms with E-state index in [2.05, 4.69) is 31.9 Å². The zero-order chi connectivity index (χ0) is 14.5. The van der Waals surface area contributed by atoms with Crippen molar-refractivity contribution in [2.75, 3.05) is 20.1 Å². The van der Waals surface area contributed by atoms with Gasteiger partial charge in [0, 0.05) is 25.1 Å². The van der Waals surface area contributed by atoms with Crippen LogP contribution in [0.25, 0.3) is 0 Å². The molecule has 0 N–H and O–H groups in total. The van der Waals surface area contributed by atoms with Crippen LogP contribution in [-0.4, -0.2) is 30.8 Å². The number of rotatable bonds is 6. The van der Waals surface area contributed by atoms with E-state index < -0.39 is 0 Å². The molecule has 0 spiro atoms. The summed E-state index contributed by atoms with van der Waals surface area (Å²) in [5.41, 5.74) is 3.22. The van der Waals surface area contributed by atoms with Gasteiger partial charge in [-0.3, -0.25) is 4.79 Å². The zero-order valence-electron chi connectivity index (χ0n) is 13.1. The van der Waals surface area contributed by atoms with Crippen molar-refractivity contribution in [3.05, 3.63) is 34.9 Å². The summed E-state index contributed by atoms with van der Waals surface area (Å²) in [5.74, 6) is 1.13. The number of aryl methyl sites for hydroxylation is 2. The summed E-state index contributed by atoms with van der Waals surface area (Å²) >= 11 is 0. The van der Waals surface area contributed by atoms with Crippen molar-refractivity contribution in [3.8, 4) is 0 Å². The summed E-state index contributed by atoms with van der Waals surface area (Å²) in [6.07, 6.45) is 6.15. The van der Waals surface area contributed by atoms with E-state index in [0.29, 0.717) is 6.42 Å². The maximum absolute atomic E-state index is 12.3. The minimum atomic E-state index is 0.273. The van der Waals surface area contributed by atoms with E-state index in [1.807, 2.05) is 12.1 Å². The van der Waals surface area contributed by atoms with Crippen molar-refractivity contribution in [2.24, 2.45) is 5.92 Å². The molecule has 0 aromatic heterocycles. The molecule has 1 aliphatic rings. The first-order valence-electron chi connectivity index (χ1n) is 7.84. The fraction of sp³-hybridized carbons (Fsp3) is 0.611. The van der Waals surface area contributed by atoms with Crippen molar-refractivity contribution >= 4 is 5.78 Å². The quantitative estimate of drug-likeness (QED) is 0.730. The zero-order valence-corrected chi connectivity index (χ0v) is 13.1. The number of Topliss-reactive ketones (excluding diaryl/α,β-unsaturated/α-hetero) is 1. The monoisotopic (exact) mass is 273 g/mol. The van der Waals surface area contributed by atoms with Crippen LogP contribution in [0, 0.1) is 19.8 Å². The molecule has 2 heteroatoms. The molecule has 1 aromatic carbocycles. The molecule has 20 heavy (non-hydrogen) atoms. The molecule has 0 unspecified atom stereocenters. The summed E-state index contributed by atoms with van der Waals surface area (Å²) in [5, 5.41) is 0. The van der Waals surface area contributed by atoms with Gasteiger partial charge in [-0.05, 0) is 51.8 Å². The molecule has 2 rings (SSSR count). The Kier molecular flexibility index (Phi) is 5.36. The van der Waals surface area contributed by atoms with E-state index in [4.69, 9.17) is 0 Å². The predicted molar refractivity (Wildman–Crippen MR) is 84.3 cm³/mol. The number of carbonyl (C=O) groups excluding carboxylic acids is 1. The molecular weight excluding hydrogens is 246 g/mol. The van der Waals surface area contributed by atoms with Crippen molar-refractivity contribution in [1.82, 2.24) is 4.90 Å². The number of hydrogen-bond acceptors (Lipinski definition) is 2. The smallest absolute Gasteiger partial charge is 0.164 e. The molecule has 1 saturated carbocycles. The summed E-state index contributed by atoms with van der Waals surface area (Å²) < 4.78 is 0. The Hall–Kier alpha value is -1.15. The molecule has 0 amide bonds. The van der Waals surface area contributed by atoms with Crippen LogP contribution in [0.5, 0.6) is 0 Å². The van der Waals surface area contributed by atoms with Gasteiger partial charge >= 0.3 is 0 Å². The van der Waals surface area contributed by atoms with Crippen molar-refractivity contribution in [2.45, 2.75) is 46.0 Å². The van der Waals surface area contributed by atoms with Crippen LogP contribution in [0.15, 0.2) is 18.2 Å². The fourth-order valence-corrected chi connectivity index (χ4v) is 3.30. The second-order valence-electron chi connectivity index (χ2n) is 6.46. The van der Waals surface area contributed by atoms with Gasteiger partial charge in [0.2, 0.25) is 0 Å². The molecule has 0 bridgehead atoms. The summed E-state index contributed by atoms with van der Waals surface area (Å²) in [4.78, 5) is 14.6. The van der Waals surface area contributed by atoms with E-state index in [1.165, 1.54) is 36.8 Å². The molecule has 0 radical (unpaired) electrons. The van der Waals surface area contributed by atoms with E-state index in [-0.39, 0.29) is 5.78 Å². The van der Waals surface area contributed by atoms with Crippen molar-refractivity contribution in [1.29, 1.82) is 0 Å². The molecule has 1 aliphatic carbocycles. The third kappa shape index (κ3) is 4.45. The predicted octanol–water partition coefficient (Wildman–Crippen LogP) is 4.00. The summed E-state index contributed by atoms with van der Waals surface area (Å²) in [6, 6.07) is 6.13. The van der Waals surface area contributed by atoms with Crippen LogP contribution < -0.4 is 0 Å². The maximum atomic E-state index is 12.3. The maximum Gasteiger partial charge on any atom is 0.164 e. The molecule has 0 aliphatic heterocycles. The second-order valence-corrected chi connectivity index (χ2v) is 6.46. The molecule has 2 nitrogen and oxygen atoms in total. The SMILES string of the molecule is Cc1cc(C)cc(C(=O)CCN(C)CC2CCCC2)c1. The van der Waals surface area contributed by atoms with Gasteiger partial charge in [0.15, 0.2) is 5.78 Å². The van der Waals surface area contributed by atoms with E-state index in [9.17, 15) is 4.79 Å². The first-order valence-corrected chi connectivity index (χ1v) is 7.84. The van der Waals surface area contributed by atoms with Crippen LogP contribution >= 0.6 is 0 Å². The van der Waals surface area contributed by atoms with Gasteiger partial charge in [0.05, 0.1) is 0 Å². The molecule has 0 atom stereocenters. The molecular formula is C18H27NO. The van der Waals surface area contributed by atoms with Gasteiger partial charge < -0.3 is 4.90 Å². The Morgan fingerprint density at radius 1 is 1.15 bits per heavy atom. The van der Waals surface area contributed by atoms with Gasteiger partial charge in [-0.1, -0.05) is 30.0 Å². The Balaban J connectivity index is 1.81. The highest BCUT2D eigenvalue weighted by molar-refractivity contribution is 5.96. The Bertz CT molecular complexity index is 440. The van der Waals surface area contributed by atoms with Gasteiger partial charge in [-0.2, -0.15) is 0 Å². The van der Waals surface area contributed by atoms with E-state index in [1.54, 1.807) is 0 Å². The number of ketones is 1. The first kappa shape index (κ1) is 15.2. The largest absolute Gasteiger partial charge is 0.306 e. The van der Waals surface area contributed by atoms with Gasteiger partial charge in [-0.25, -0.2) is 0 Å². The average molecular weight is 273 g/mol. The fourth-order valence-electron chi connectivity index (χ4n) is 3.30. The third-order valence-electron chi connectivity index (χ3n) is 4.31. The van der Waals surface area contributed by atoms with Gasteiger partial charge in [0.25, 0.3) is 0 Å². The number of carbonyl (C=O) groups is 1. The highest BCUT2D eigenvalue weighted by Gasteiger charge is 2.17. The Morgan fingerprint density at radius 3 is 2.35 bits per heavy atom.